The molecule has 0 aliphatic rings. The number of rotatable bonds is 6. The van der Waals surface area contributed by atoms with Gasteiger partial charge in [-0.3, -0.25) is 4.68 Å². The van der Waals surface area contributed by atoms with Crippen LogP contribution >= 0.6 is 0 Å². The maximum atomic E-state index is 5.61. The Morgan fingerprint density at radius 3 is 2.78 bits per heavy atom. The molecule has 5 heteroatoms. The van der Waals surface area contributed by atoms with Crippen LogP contribution in [0.3, 0.4) is 0 Å². The second-order valence-corrected chi connectivity index (χ2v) is 3.92. The summed E-state index contributed by atoms with van der Waals surface area (Å²) < 4.78 is 7.42. The standard InChI is InChI=1S/C13H18N4O/c1-3-14-7-11-5-6-13(15-8-11)18-12-9-16-17(4-2)10-12/h5-6,8-10,14H,3-4,7H2,1-2H3. The molecule has 0 aliphatic carbocycles. The van der Waals surface area contributed by atoms with Crippen LogP contribution in [0.1, 0.15) is 19.4 Å². The lowest BCUT2D eigenvalue weighted by Crippen LogP contribution is -2.11. The molecule has 0 saturated heterocycles. The van der Waals surface area contributed by atoms with Gasteiger partial charge in [0.1, 0.15) is 0 Å². The van der Waals surface area contributed by atoms with E-state index in [4.69, 9.17) is 4.74 Å². The second kappa shape index (κ2) is 6.16. The van der Waals surface area contributed by atoms with E-state index in [0.717, 1.165) is 25.2 Å². The summed E-state index contributed by atoms with van der Waals surface area (Å²) in [7, 11) is 0. The van der Waals surface area contributed by atoms with Gasteiger partial charge in [-0.05, 0) is 19.0 Å². The summed E-state index contributed by atoms with van der Waals surface area (Å²) in [5.74, 6) is 1.30. The Balaban J connectivity index is 1.97. The Hall–Kier alpha value is -1.88. The molecule has 0 fully saturated rings. The van der Waals surface area contributed by atoms with Gasteiger partial charge in [-0.15, -0.1) is 0 Å². The Morgan fingerprint density at radius 1 is 1.28 bits per heavy atom. The van der Waals surface area contributed by atoms with Gasteiger partial charge in [0.15, 0.2) is 5.75 Å². The monoisotopic (exact) mass is 246 g/mol. The molecular weight excluding hydrogens is 228 g/mol. The minimum Gasteiger partial charge on any atom is -0.436 e. The first-order chi connectivity index (χ1) is 8.81. The van der Waals surface area contributed by atoms with E-state index in [2.05, 4.69) is 22.3 Å². The molecule has 2 heterocycles. The van der Waals surface area contributed by atoms with Crippen molar-refractivity contribution < 1.29 is 4.74 Å². The van der Waals surface area contributed by atoms with Crippen molar-refractivity contribution in [3.63, 3.8) is 0 Å². The van der Waals surface area contributed by atoms with Gasteiger partial charge in [-0.25, -0.2) is 4.98 Å². The lowest BCUT2D eigenvalue weighted by atomic mass is 10.3. The first kappa shape index (κ1) is 12.6. The van der Waals surface area contributed by atoms with Gasteiger partial charge < -0.3 is 10.1 Å². The van der Waals surface area contributed by atoms with Gasteiger partial charge in [-0.2, -0.15) is 5.10 Å². The average molecular weight is 246 g/mol. The maximum absolute atomic E-state index is 5.61. The van der Waals surface area contributed by atoms with Gasteiger partial charge in [0.2, 0.25) is 5.88 Å². The minimum atomic E-state index is 0.589. The summed E-state index contributed by atoms with van der Waals surface area (Å²) in [6.07, 6.45) is 5.37. The molecule has 0 amide bonds. The molecule has 0 aromatic carbocycles. The average Bonchev–Trinajstić information content (AvgIpc) is 2.86. The maximum Gasteiger partial charge on any atom is 0.219 e. The second-order valence-electron chi connectivity index (χ2n) is 3.92. The lowest BCUT2D eigenvalue weighted by Gasteiger charge is -2.04. The molecular formula is C13H18N4O. The molecule has 2 rings (SSSR count). The molecule has 0 aliphatic heterocycles. The van der Waals surface area contributed by atoms with Gasteiger partial charge in [0.25, 0.3) is 0 Å². The number of aromatic nitrogens is 3. The van der Waals surface area contributed by atoms with Crippen molar-refractivity contribution >= 4 is 0 Å². The predicted molar refractivity (Wildman–Crippen MR) is 69.6 cm³/mol. The molecule has 0 bridgehead atoms. The van der Waals surface area contributed by atoms with E-state index < -0.39 is 0 Å². The van der Waals surface area contributed by atoms with E-state index in [0.29, 0.717) is 11.6 Å². The Bertz CT molecular complexity index is 478. The number of pyridine rings is 1. The number of aryl methyl sites for hydroxylation is 1. The van der Waals surface area contributed by atoms with Crippen molar-refractivity contribution in [2.24, 2.45) is 0 Å². The quantitative estimate of drug-likeness (QED) is 0.849. The smallest absolute Gasteiger partial charge is 0.219 e. The van der Waals surface area contributed by atoms with Crippen LogP contribution in [0.15, 0.2) is 30.7 Å². The van der Waals surface area contributed by atoms with Crippen LogP contribution in [0.4, 0.5) is 0 Å². The fraction of sp³-hybridized carbons (Fsp3) is 0.385. The van der Waals surface area contributed by atoms with E-state index in [-0.39, 0.29) is 0 Å². The molecule has 0 atom stereocenters. The third kappa shape index (κ3) is 3.30. The highest BCUT2D eigenvalue weighted by Gasteiger charge is 2.01. The van der Waals surface area contributed by atoms with Crippen molar-refractivity contribution in [1.82, 2.24) is 20.1 Å². The summed E-state index contributed by atoms with van der Waals surface area (Å²) in [6, 6.07) is 3.88. The van der Waals surface area contributed by atoms with Gasteiger partial charge in [-0.1, -0.05) is 13.0 Å². The van der Waals surface area contributed by atoms with Crippen molar-refractivity contribution in [1.29, 1.82) is 0 Å². The van der Waals surface area contributed by atoms with Crippen LogP contribution in [0.25, 0.3) is 0 Å². The largest absolute Gasteiger partial charge is 0.436 e. The van der Waals surface area contributed by atoms with E-state index >= 15 is 0 Å². The van der Waals surface area contributed by atoms with Crippen LogP contribution in [-0.2, 0) is 13.1 Å². The molecule has 0 radical (unpaired) electrons. The fourth-order valence-electron chi connectivity index (χ4n) is 1.54. The van der Waals surface area contributed by atoms with Gasteiger partial charge in [0.05, 0.1) is 12.4 Å². The highest BCUT2D eigenvalue weighted by molar-refractivity contribution is 5.23. The van der Waals surface area contributed by atoms with Crippen LogP contribution in [-0.4, -0.2) is 21.3 Å². The summed E-state index contributed by atoms with van der Waals surface area (Å²) in [5, 5.41) is 7.39. The Morgan fingerprint density at radius 2 is 2.17 bits per heavy atom. The first-order valence-corrected chi connectivity index (χ1v) is 6.17. The zero-order valence-electron chi connectivity index (χ0n) is 10.8. The number of nitrogens with zero attached hydrogens (tertiary/aromatic N) is 3. The van der Waals surface area contributed by atoms with Crippen LogP contribution < -0.4 is 10.1 Å². The summed E-state index contributed by atoms with van der Waals surface area (Å²) >= 11 is 0. The highest BCUT2D eigenvalue weighted by atomic mass is 16.5. The number of nitrogens with one attached hydrogen (secondary N) is 1. The van der Waals surface area contributed by atoms with Gasteiger partial charge in [0, 0.05) is 25.4 Å². The number of hydrogen-bond donors (Lipinski definition) is 1. The zero-order chi connectivity index (χ0) is 12.8. The van der Waals surface area contributed by atoms with Crippen LogP contribution in [0.2, 0.25) is 0 Å². The fourth-order valence-corrected chi connectivity index (χ4v) is 1.54. The number of hydrogen-bond acceptors (Lipinski definition) is 4. The van der Waals surface area contributed by atoms with E-state index in [1.54, 1.807) is 6.20 Å². The normalized spacial score (nSPS) is 10.6. The molecule has 5 nitrogen and oxygen atoms in total. The van der Waals surface area contributed by atoms with Crippen molar-refractivity contribution in [3.05, 3.63) is 36.3 Å². The molecule has 0 saturated carbocycles. The first-order valence-electron chi connectivity index (χ1n) is 6.17. The topological polar surface area (TPSA) is 52.0 Å². The predicted octanol–water partition coefficient (Wildman–Crippen LogP) is 2.20. The lowest BCUT2D eigenvalue weighted by molar-refractivity contribution is 0.461. The number of ether oxygens (including phenoxy) is 1. The Labute approximate surface area is 107 Å². The van der Waals surface area contributed by atoms with E-state index in [9.17, 15) is 0 Å². The molecule has 18 heavy (non-hydrogen) atoms. The van der Waals surface area contributed by atoms with Crippen LogP contribution in [0.5, 0.6) is 11.6 Å². The molecule has 0 spiro atoms. The summed E-state index contributed by atoms with van der Waals surface area (Å²) in [5.41, 5.74) is 1.15. The SMILES string of the molecule is CCNCc1ccc(Oc2cnn(CC)c2)nc1. The van der Waals surface area contributed by atoms with E-state index in [1.165, 1.54) is 0 Å². The van der Waals surface area contributed by atoms with E-state index in [1.807, 2.05) is 36.1 Å². The van der Waals surface area contributed by atoms with Crippen LogP contribution in [0, 0.1) is 0 Å². The third-order valence-corrected chi connectivity index (χ3v) is 2.53. The Kier molecular flexibility index (Phi) is 4.30. The molecule has 1 N–H and O–H groups in total. The summed E-state index contributed by atoms with van der Waals surface area (Å²) in [6.45, 7) is 6.73. The van der Waals surface area contributed by atoms with Crippen molar-refractivity contribution in [2.75, 3.05) is 6.54 Å². The third-order valence-electron chi connectivity index (χ3n) is 2.53. The zero-order valence-corrected chi connectivity index (χ0v) is 10.8. The molecule has 2 aromatic heterocycles. The minimum absolute atomic E-state index is 0.589. The molecule has 0 unspecified atom stereocenters. The molecule has 2 aromatic rings. The summed E-state index contributed by atoms with van der Waals surface area (Å²) in [4.78, 5) is 4.26. The van der Waals surface area contributed by atoms with Gasteiger partial charge >= 0.3 is 0 Å². The van der Waals surface area contributed by atoms with Crippen molar-refractivity contribution in [2.45, 2.75) is 26.9 Å². The highest BCUT2D eigenvalue weighted by Crippen LogP contribution is 2.18. The molecule has 96 valence electrons. The van der Waals surface area contributed by atoms with Crippen molar-refractivity contribution in [3.8, 4) is 11.6 Å².